The van der Waals surface area contributed by atoms with Crippen LogP contribution < -0.4 is 5.73 Å². The predicted octanol–water partition coefficient (Wildman–Crippen LogP) is 3.22. The third-order valence-corrected chi connectivity index (χ3v) is 5.34. The average Bonchev–Trinajstić information content (AvgIpc) is 2.61. The molecule has 0 aromatic heterocycles. The fourth-order valence-corrected chi connectivity index (χ4v) is 3.93. The lowest BCUT2D eigenvalue weighted by Gasteiger charge is -2.31. The minimum atomic E-state index is 0.696. The predicted molar refractivity (Wildman–Crippen MR) is 101 cm³/mol. The van der Waals surface area contributed by atoms with Crippen LogP contribution in [0.25, 0.3) is 0 Å². The number of guanidine groups is 1. The van der Waals surface area contributed by atoms with Crippen molar-refractivity contribution in [2.24, 2.45) is 16.6 Å². The van der Waals surface area contributed by atoms with Gasteiger partial charge in [0, 0.05) is 26.2 Å². The van der Waals surface area contributed by atoms with E-state index in [1.165, 1.54) is 56.3 Å². The molecule has 0 aliphatic carbocycles. The van der Waals surface area contributed by atoms with Gasteiger partial charge in [0.15, 0.2) is 5.96 Å². The molecule has 0 radical (unpaired) electrons. The van der Waals surface area contributed by atoms with Crippen LogP contribution in [0.1, 0.15) is 50.2 Å². The summed E-state index contributed by atoms with van der Waals surface area (Å²) in [4.78, 5) is 9.51. The van der Waals surface area contributed by atoms with Gasteiger partial charge in [0.2, 0.25) is 0 Å². The minimum absolute atomic E-state index is 0.696. The molecule has 1 atom stereocenters. The highest BCUT2D eigenvalue weighted by molar-refractivity contribution is 5.78. The van der Waals surface area contributed by atoms with E-state index in [4.69, 9.17) is 5.73 Å². The molecule has 4 nitrogen and oxygen atoms in total. The highest BCUT2D eigenvalue weighted by Gasteiger charge is 2.17. The standard InChI is InChI=1S/C20H32N4/c1-17-8-7-11-23(15-17)16-19-10-4-3-9-18(19)14-22-20(21)24-12-5-2-6-13-24/h3-4,9-10,17H,2,5-8,11-16H2,1H3,(H2,21,22). The minimum Gasteiger partial charge on any atom is -0.370 e. The number of hydrogen-bond acceptors (Lipinski definition) is 2. The Kier molecular flexibility index (Phi) is 6.13. The van der Waals surface area contributed by atoms with Crippen LogP contribution in [-0.4, -0.2) is 41.9 Å². The monoisotopic (exact) mass is 328 g/mol. The van der Waals surface area contributed by atoms with E-state index in [0.717, 1.165) is 31.5 Å². The zero-order valence-corrected chi connectivity index (χ0v) is 15.1. The lowest BCUT2D eigenvalue weighted by Crippen LogP contribution is -2.40. The Hall–Kier alpha value is -1.55. The topological polar surface area (TPSA) is 44.9 Å². The summed E-state index contributed by atoms with van der Waals surface area (Å²) in [5.41, 5.74) is 8.93. The van der Waals surface area contributed by atoms with Crippen LogP contribution in [0, 0.1) is 5.92 Å². The quantitative estimate of drug-likeness (QED) is 0.682. The molecule has 132 valence electrons. The third-order valence-electron chi connectivity index (χ3n) is 5.34. The maximum atomic E-state index is 6.21. The van der Waals surface area contributed by atoms with Gasteiger partial charge in [-0.3, -0.25) is 4.90 Å². The zero-order valence-electron chi connectivity index (χ0n) is 15.1. The van der Waals surface area contributed by atoms with Crippen molar-refractivity contribution in [3.05, 3.63) is 35.4 Å². The van der Waals surface area contributed by atoms with E-state index in [9.17, 15) is 0 Å². The number of piperidine rings is 2. The van der Waals surface area contributed by atoms with E-state index in [2.05, 4.69) is 46.0 Å². The Morgan fingerprint density at radius 3 is 2.58 bits per heavy atom. The fraction of sp³-hybridized carbons (Fsp3) is 0.650. The summed E-state index contributed by atoms with van der Waals surface area (Å²) < 4.78 is 0. The molecule has 2 saturated heterocycles. The second-order valence-corrected chi connectivity index (χ2v) is 7.47. The van der Waals surface area contributed by atoms with E-state index < -0.39 is 0 Å². The zero-order chi connectivity index (χ0) is 16.8. The summed E-state index contributed by atoms with van der Waals surface area (Å²) in [6.07, 6.45) is 6.49. The lowest BCUT2D eigenvalue weighted by molar-refractivity contribution is 0.176. The summed E-state index contributed by atoms with van der Waals surface area (Å²) in [5.74, 6) is 1.54. The van der Waals surface area contributed by atoms with E-state index >= 15 is 0 Å². The first-order chi connectivity index (χ1) is 11.7. The van der Waals surface area contributed by atoms with Crippen LogP contribution in [0.15, 0.2) is 29.3 Å². The number of nitrogens with two attached hydrogens (primary N) is 1. The molecular weight excluding hydrogens is 296 g/mol. The van der Waals surface area contributed by atoms with Gasteiger partial charge in [0.05, 0.1) is 6.54 Å². The van der Waals surface area contributed by atoms with Gasteiger partial charge >= 0.3 is 0 Å². The number of aliphatic imine (C=N–C) groups is 1. The first kappa shape index (κ1) is 17.3. The first-order valence-corrected chi connectivity index (χ1v) is 9.56. The van der Waals surface area contributed by atoms with Crippen molar-refractivity contribution in [1.82, 2.24) is 9.80 Å². The van der Waals surface area contributed by atoms with Crippen molar-refractivity contribution >= 4 is 5.96 Å². The summed E-state index contributed by atoms with van der Waals surface area (Å²) in [6, 6.07) is 8.71. The maximum Gasteiger partial charge on any atom is 0.191 e. The highest BCUT2D eigenvalue weighted by Crippen LogP contribution is 2.20. The smallest absolute Gasteiger partial charge is 0.191 e. The van der Waals surface area contributed by atoms with Crippen molar-refractivity contribution in [2.45, 2.75) is 52.1 Å². The van der Waals surface area contributed by atoms with Crippen LogP contribution >= 0.6 is 0 Å². The SMILES string of the molecule is CC1CCCN(Cc2ccccc2CN=C(N)N2CCCCC2)C1. The summed E-state index contributed by atoms with van der Waals surface area (Å²) in [6.45, 7) is 8.65. The van der Waals surface area contributed by atoms with Gasteiger partial charge in [-0.2, -0.15) is 0 Å². The van der Waals surface area contributed by atoms with Crippen LogP contribution in [0.5, 0.6) is 0 Å². The van der Waals surface area contributed by atoms with E-state index in [-0.39, 0.29) is 0 Å². The van der Waals surface area contributed by atoms with E-state index in [1.54, 1.807) is 0 Å². The Morgan fingerprint density at radius 2 is 1.83 bits per heavy atom. The highest BCUT2D eigenvalue weighted by atomic mass is 15.2. The maximum absolute atomic E-state index is 6.21. The number of rotatable bonds is 4. The number of nitrogens with zero attached hydrogens (tertiary/aromatic N) is 3. The fourth-order valence-electron chi connectivity index (χ4n) is 3.93. The van der Waals surface area contributed by atoms with Crippen molar-refractivity contribution in [1.29, 1.82) is 0 Å². The second kappa shape index (κ2) is 8.52. The Morgan fingerprint density at radius 1 is 1.08 bits per heavy atom. The molecule has 2 aliphatic rings. The molecule has 0 bridgehead atoms. The molecule has 2 aliphatic heterocycles. The molecule has 24 heavy (non-hydrogen) atoms. The van der Waals surface area contributed by atoms with Gasteiger partial charge in [0.25, 0.3) is 0 Å². The first-order valence-electron chi connectivity index (χ1n) is 9.56. The molecule has 1 unspecified atom stereocenters. The normalized spacial score (nSPS) is 23.5. The van der Waals surface area contributed by atoms with Gasteiger partial charge in [0.1, 0.15) is 0 Å². The Bertz CT molecular complexity index is 548. The molecule has 4 heteroatoms. The lowest BCUT2D eigenvalue weighted by atomic mass is 9.99. The van der Waals surface area contributed by atoms with Crippen LogP contribution in [-0.2, 0) is 13.1 Å². The van der Waals surface area contributed by atoms with Gasteiger partial charge in [-0.15, -0.1) is 0 Å². The molecule has 2 N–H and O–H groups in total. The number of hydrogen-bond donors (Lipinski definition) is 1. The number of benzene rings is 1. The molecular formula is C20H32N4. The van der Waals surface area contributed by atoms with E-state index in [0.29, 0.717) is 6.54 Å². The summed E-state index contributed by atoms with van der Waals surface area (Å²) in [7, 11) is 0. The van der Waals surface area contributed by atoms with Gasteiger partial charge < -0.3 is 10.6 Å². The molecule has 1 aromatic rings. The third kappa shape index (κ3) is 4.73. The molecule has 0 saturated carbocycles. The van der Waals surface area contributed by atoms with Gasteiger partial charge in [-0.1, -0.05) is 31.2 Å². The molecule has 1 aromatic carbocycles. The van der Waals surface area contributed by atoms with Gasteiger partial charge in [-0.05, 0) is 55.7 Å². The van der Waals surface area contributed by atoms with Crippen molar-refractivity contribution in [3.63, 3.8) is 0 Å². The van der Waals surface area contributed by atoms with Crippen molar-refractivity contribution < 1.29 is 0 Å². The molecule has 2 heterocycles. The van der Waals surface area contributed by atoms with Crippen molar-refractivity contribution in [2.75, 3.05) is 26.2 Å². The number of likely N-dealkylation sites (tertiary alicyclic amines) is 2. The van der Waals surface area contributed by atoms with Crippen LogP contribution in [0.2, 0.25) is 0 Å². The Labute approximate surface area is 146 Å². The Balaban J connectivity index is 1.63. The summed E-state index contributed by atoms with van der Waals surface area (Å²) >= 11 is 0. The second-order valence-electron chi connectivity index (χ2n) is 7.47. The van der Waals surface area contributed by atoms with Crippen LogP contribution in [0.4, 0.5) is 0 Å². The van der Waals surface area contributed by atoms with Crippen LogP contribution in [0.3, 0.4) is 0 Å². The molecule has 2 fully saturated rings. The molecule has 0 amide bonds. The molecule has 0 spiro atoms. The van der Waals surface area contributed by atoms with Gasteiger partial charge in [-0.25, -0.2) is 4.99 Å². The molecule has 3 rings (SSSR count). The summed E-state index contributed by atoms with van der Waals surface area (Å²) in [5, 5.41) is 0. The van der Waals surface area contributed by atoms with E-state index in [1.807, 2.05) is 0 Å². The largest absolute Gasteiger partial charge is 0.370 e. The average molecular weight is 329 g/mol. The van der Waals surface area contributed by atoms with Crippen molar-refractivity contribution in [3.8, 4) is 0 Å².